The van der Waals surface area contributed by atoms with E-state index in [4.69, 9.17) is 4.74 Å². The number of nitrogens with zero attached hydrogens (tertiary/aromatic N) is 5. The lowest BCUT2D eigenvalue weighted by molar-refractivity contribution is 0.306. The van der Waals surface area contributed by atoms with Crippen LogP contribution in [0.4, 0.5) is 5.69 Å². The first-order valence-corrected chi connectivity index (χ1v) is 10.0. The van der Waals surface area contributed by atoms with Gasteiger partial charge in [-0.15, -0.1) is 0 Å². The molecule has 154 valence electrons. The summed E-state index contributed by atoms with van der Waals surface area (Å²) in [4.78, 5) is 13.0. The average molecular weight is 418 g/mol. The Hall–Kier alpha value is -4.70. The summed E-state index contributed by atoms with van der Waals surface area (Å²) in [6, 6.07) is 25.4. The molecule has 0 saturated heterocycles. The van der Waals surface area contributed by atoms with E-state index in [1.54, 1.807) is 23.4 Å². The molecule has 3 aromatic heterocycles. The molecule has 0 spiro atoms. The molecule has 0 aliphatic rings. The minimum absolute atomic E-state index is 0.349. The van der Waals surface area contributed by atoms with Crippen molar-refractivity contribution in [3.8, 4) is 22.9 Å². The zero-order valence-electron chi connectivity index (χ0n) is 17.0. The van der Waals surface area contributed by atoms with E-state index in [0.29, 0.717) is 23.6 Å². The first kappa shape index (κ1) is 19.3. The summed E-state index contributed by atoms with van der Waals surface area (Å²) in [6.45, 7) is 0.498. The van der Waals surface area contributed by atoms with Gasteiger partial charge in [-0.1, -0.05) is 42.5 Å². The maximum Gasteiger partial charge on any atom is 0.179 e. The van der Waals surface area contributed by atoms with Gasteiger partial charge in [0.15, 0.2) is 5.65 Å². The number of benzene rings is 2. The van der Waals surface area contributed by atoms with E-state index in [1.165, 1.54) is 0 Å². The summed E-state index contributed by atoms with van der Waals surface area (Å²) in [7, 11) is 0. The summed E-state index contributed by atoms with van der Waals surface area (Å²) < 4.78 is 7.59. The molecule has 3 heterocycles. The van der Waals surface area contributed by atoms with Gasteiger partial charge >= 0.3 is 0 Å². The fraction of sp³-hybridized carbons (Fsp3) is 0.0400. The van der Waals surface area contributed by atoms with Crippen molar-refractivity contribution in [2.75, 3.05) is 5.43 Å². The lowest BCUT2D eigenvalue weighted by Crippen LogP contribution is -2.09. The molecule has 0 saturated carbocycles. The summed E-state index contributed by atoms with van der Waals surface area (Å²) >= 11 is 0. The molecule has 1 N–H and O–H groups in total. The predicted octanol–water partition coefficient (Wildman–Crippen LogP) is 4.82. The van der Waals surface area contributed by atoms with Gasteiger partial charge in [-0.05, 0) is 41.5 Å². The van der Waals surface area contributed by atoms with Gasteiger partial charge in [0.2, 0.25) is 0 Å². The van der Waals surface area contributed by atoms with Crippen LogP contribution in [0.2, 0.25) is 0 Å². The molecular weight excluding hydrogens is 400 g/mol. The normalized spacial score (nSPS) is 10.6. The van der Waals surface area contributed by atoms with E-state index in [0.717, 1.165) is 28.0 Å². The van der Waals surface area contributed by atoms with Crippen LogP contribution < -0.4 is 10.2 Å². The van der Waals surface area contributed by atoms with Gasteiger partial charge in [0.1, 0.15) is 36.0 Å². The van der Waals surface area contributed by atoms with E-state index in [-0.39, 0.29) is 0 Å². The summed E-state index contributed by atoms with van der Waals surface area (Å²) in [5.41, 5.74) is 8.49. The van der Waals surface area contributed by atoms with Crippen molar-refractivity contribution in [2.45, 2.75) is 6.61 Å². The number of pyridine rings is 2. The van der Waals surface area contributed by atoms with Gasteiger partial charge in [0.05, 0.1) is 11.9 Å². The number of rotatable bonds is 6. The van der Waals surface area contributed by atoms with Crippen molar-refractivity contribution in [3.05, 3.63) is 103 Å². The van der Waals surface area contributed by atoms with Crippen molar-refractivity contribution >= 4 is 16.9 Å². The van der Waals surface area contributed by atoms with Gasteiger partial charge in [-0.2, -0.15) is 5.26 Å². The molecule has 7 heteroatoms. The predicted molar refractivity (Wildman–Crippen MR) is 122 cm³/mol. The quantitative estimate of drug-likeness (QED) is 0.425. The largest absolute Gasteiger partial charge is 0.489 e. The SMILES string of the molecule is N#Cc1ncc(Nn2cnc3cccnc32)cc1-c1ccc(OCc2ccccc2)cc1. The number of ether oxygens (including phenoxy) is 1. The molecule has 5 rings (SSSR count). The lowest BCUT2D eigenvalue weighted by Gasteiger charge is -2.11. The number of anilines is 1. The highest BCUT2D eigenvalue weighted by molar-refractivity contribution is 5.74. The van der Waals surface area contributed by atoms with Crippen LogP contribution in [-0.2, 0) is 6.61 Å². The van der Waals surface area contributed by atoms with Crippen LogP contribution in [0.15, 0.2) is 91.5 Å². The second-order valence-corrected chi connectivity index (χ2v) is 7.10. The van der Waals surface area contributed by atoms with E-state index in [9.17, 15) is 5.26 Å². The van der Waals surface area contributed by atoms with Crippen LogP contribution in [0.25, 0.3) is 22.3 Å². The molecular formula is C25H18N6O. The Kier molecular flexibility index (Phi) is 5.17. The third-order valence-corrected chi connectivity index (χ3v) is 4.96. The smallest absolute Gasteiger partial charge is 0.179 e. The first-order chi connectivity index (χ1) is 15.8. The maximum absolute atomic E-state index is 9.55. The minimum atomic E-state index is 0.349. The Morgan fingerprint density at radius 2 is 1.78 bits per heavy atom. The van der Waals surface area contributed by atoms with Gasteiger partial charge in [0.25, 0.3) is 0 Å². The van der Waals surface area contributed by atoms with Crippen LogP contribution in [0.3, 0.4) is 0 Å². The number of fused-ring (bicyclic) bond motifs is 1. The molecule has 0 radical (unpaired) electrons. The number of imidazole rings is 1. The standard InChI is InChI=1S/C25H18N6O/c26-14-24-22(19-8-10-21(11-9-19)32-16-18-5-2-1-3-6-18)13-20(15-28-24)30-31-17-29-23-7-4-12-27-25(23)31/h1-13,15,17,30H,16H2. The molecule has 0 aliphatic heterocycles. The Morgan fingerprint density at radius 1 is 0.938 bits per heavy atom. The maximum atomic E-state index is 9.55. The Balaban J connectivity index is 1.38. The van der Waals surface area contributed by atoms with Crippen molar-refractivity contribution in [2.24, 2.45) is 0 Å². The zero-order chi connectivity index (χ0) is 21.8. The molecule has 0 atom stereocenters. The minimum Gasteiger partial charge on any atom is -0.489 e. The van der Waals surface area contributed by atoms with Crippen LogP contribution in [0.1, 0.15) is 11.3 Å². The number of nitrogens with one attached hydrogen (secondary N) is 1. The van der Waals surface area contributed by atoms with Crippen molar-refractivity contribution in [1.29, 1.82) is 5.26 Å². The highest BCUT2D eigenvalue weighted by Gasteiger charge is 2.10. The van der Waals surface area contributed by atoms with Crippen LogP contribution in [0, 0.1) is 11.3 Å². The van der Waals surface area contributed by atoms with Crippen LogP contribution >= 0.6 is 0 Å². The topological polar surface area (TPSA) is 88.7 Å². The molecule has 0 fully saturated rings. The van der Waals surface area contributed by atoms with Crippen LogP contribution in [0.5, 0.6) is 5.75 Å². The molecule has 32 heavy (non-hydrogen) atoms. The van der Waals surface area contributed by atoms with Gasteiger partial charge in [-0.25, -0.2) is 19.6 Å². The highest BCUT2D eigenvalue weighted by atomic mass is 16.5. The van der Waals surface area contributed by atoms with E-state index < -0.39 is 0 Å². The van der Waals surface area contributed by atoms with Crippen molar-refractivity contribution in [1.82, 2.24) is 19.6 Å². The van der Waals surface area contributed by atoms with Crippen LogP contribution in [-0.4, -0.2) is 19.6 Å². The monoisotopic (exact) mass is 418 g/mol. The molecule has 0 amide bonds. The van der Waals surface area contributed by atoms with Gasteiger partial charge in [0, 0.05) is 11.8 Å². The van der Waals surface area contributed by atoms with Crippen molar-refractivity contribution in [3.63, 3.8) is 0 Å². The number of hydrogen-bond donors (Lipinski definition) is 1. The summed E-state index contributed by atoms with van der Waals surface area (Å²) in [6.07, 6.45) is 4.99. The fourth-order valence-electron chi connectivity index (χ4n) is 3.38. The number of nitriles is 1. The van der Waals surface area contributed by atoms with Gasteiger partial charge < -0.3 is 4.74 Å². The third-order valence-electron chi connectivity index (χ3n) is 4.96. The van der Waals surface area contributed by atoms with E-state index in [1.807, 2.05) is 72.8 Å². The molecule has 0 aliphatic carbocycles. The molecule has 0 unspecified atom stereocenters. The second-order valence-electron chi connectivity index (χ2n) is 7.10. The van der Waals surface area contributed by atoms with E-state index in [2.05, 4.69) is 26.4 Å². The molecule has 0 bridgehead atoms. The summed E-state index contributed by atoms with van der Waals surface area (Å²) in [5, 5.41) is 9.55. The fourth-order valence-corrected chi connectivity index (χ4v) is 3.38. The third kappa shape index (κ3) is 3.98. The first-order valence-electron chi connectivity index (χ1n) is 10.0. The van der Waals surface area contributed by atoms with E-state index >= 15 is 0 Å². The Bertz CT molecular complexity index is 1400. The molecule has 5 aromatic rings. The average Bonchev–Trinajstić information content (AvgIpc) is 3.26. The number of aromatic nitrogens is 4. The Morgan fingerprint density at radius 3 is 2.59 bits per heavy atom. The molecule has 2 aromatic carbocycles. The number of hydrogen-bond acceptors (Lipinski definition) is 6. The summed E-state index contributed by atoms with van der Waals surface area (Å²) in [5.74, 6) is 0.759. The highest BCUT2D eigenvalue weighted by Crippen LogP contribution is 2.27. The Labute approximate surface area is 184 Å². The second kappa shape index (κ2) is 8.58. The zero-order valence-corrected chi connectivity index (χ0v) is 17.0. The van der Waals surface area contributed by atoms with Gasteiger partial charge in [-0.3, -0.25) is 5.43 Å². The van der Waals surface area contributed by atoms with Crippen molar-refractivity contribution < 1.29 is 4.74 Å². The molecule has 7 nitrogen and oxygen atoms in total. The lowest BCUT2D eigenvalue weighted by atomic mass is 10.0.